The fourth-order valence-corrected chi connectivity index (χ4v) is 4.64. The van der Waals surface area contributed by atoms with Gasteiger partial charge in [-0.15, -0.1) is 0 Å². The molecule has 0 atom stereocenters. The van der Waals surface area contributed by atoms with Crippen molar-refractivity contribution < 1.29 is 41.1 Å². The number of hydrogen-bond acceptors (Lipinski definition) is 6. The first kappa shape index (κ1) is 27.2. The summed E-state index contributed by atoms with van der Waals surface area (Å²) in [5.74, 6) is 0.283. The molecule has 3 aromatic rings. The van der Waals surface area contributed by atoms with Crippen LogP contribution in [0.25, 0.3) is 10.9 Å². The number of esters is 1. The number of aromatic nitrogens is 1. The number of nitrogens with one attached hydrogen (secondary N) is 3. The van der Waals surface area contributed by atoms with Crippen LogP contribution in [0.1, 0.15) is 21.6 Å². The summed E-state index contributed by atoms with van der Waals surface area (Å²) < 4.78 is 15.7. The molecule has 2 heterocycles. The number of H-pyrrole nitrogens is 1. The van der Waals surface area contributed by atoms with Gasteiger partial charge in [0.25, 0.3) is 5.91 Å². The fourth-order valence-electron chi connectivity index (χ4n) is 4.64. The number of amides is 1. The van der Waals surface area contributed by atoms with Crippen molar-refractivity contribution in [3.05, 3.63) is 47.2 Å². The van der Waals surface area contributed by atoms with Crippen molar-refractivity contribution in [3.63, 3.8) is 0 Å². The van der Waals surface area contributed by atoms with Gasteiger partial charge in [0, 0.05) is 17.1 Å². The number of hydrogen-bond donors (Lipinski definition) is 3. The molecule has 2 aromatic carbocycles. The lowest BCUT2D eigenvalue weighted by molar-refractivity contribution is -0.892. The average Bonchev–Trinajstić information content (AvgIpc) is 3.21. The second-order valence-corrected chi connectivity index (χ2v) is 8.80. The van der Waals surface area contributed by atoms with E-state index in [1.165, 1.54) is 35.9 Å². The third-order valence-electron chi connectivity index (χ3n) is 6.75. The maximum absolute atomic E-state index is 13.0. The molecule has 9 nitrogen and oxygen atoms in total. The van der Waals surface area contributed by atoms with E-state index < -0.39 is 5.97 Å². The summed E-state index contributed by atoms with van der Waals surface area (Å²) in [6.45, 7) is 8.05. The third-order valence-corrected chi connectivity index (χ3v) is 6.75. The molecule has 0 radical (unpaired) electrons. The van der Waals surface area contributed by atoms with Crippen LogP contribution in [0.15, 0.2) is 30.3 Å². The van der Waals surface area contributed by atoms with Crippen LogP contribution in [0.5, 0.6) is 11.5 Å². The van der Waals surface area contributed by atoms with Crippen LogP contribution in [-0.2, 0) is 9.53 Å². The van der Waals surface area contributed by atoms with E-state index in [1.54, 1.807) is 19.2 Å². The third kappa shape index (κ3) is 5.37. The Kier molecular flexibility index (Phi) is 8.70. The molecule has 0 spiro atoms. The van der Waals surface area contributed by atoms with Crippen molar-refractivity contribution in [2.45, 2.75) is 13.8 Å². The summed E-state index contributed by atoms with van der Waals surface area (Å²) in [6, 6.07) is 9.85. The summed E-state index contributed by atoms with van der Waals surface area (Å²) in [5.41, 5.74) is 5.04. The average molecular weight is 517 g/mol. The quantitative estimate of drug-likeness (QED) is 0.346. The van der Waals surface area contributed by atoms with Gasteiger partial charge >= 0.3 is 5.97 Å². The fraction of sp³-hybridized carbons (Fsp3) is 0.385. The molecule has 0 saturated carbocycles. The molecule has 1 amide bonds. The zero-order chi connectivity index (χ0) is 25.1. The van der Waals surface area contributed by atoms with Crippen LogP contribution in [0, 0.1) is 13.8 Å². The maximum atomic E-state index is 13.0. The number of quaternary nitrogens is 1. The van der Waals surface area contributed by atoms with E-state index >= 15 is 0 Å². The molecule has 0 unspecified atom stereocenters. The van der Waals surface area contributed by atoms with E-state index in [0.717, 1.165) is 26.2 Å². The van der Waals surface area contributed by atoms with Crippen LogP contribution >= 0.6 is 0 Å². The highest BCUT2D eigenvalue weighted by atomic mass is 35.5. The van der Waals surface area contributed by atoms with Gasteiger partial charge in [0.1, 0.15) is 5.69 Å². The minimum atomic E-state index is -0.566. The highest BCUT2D eigenvalue weighted by Gasteiger charge is 2.26. The number of nitrogens with zero attached hydrogens (tertiary/aromatic N) is 1. The van der Waals surface area contributed by atoms with Crippen molar-refractivity contribution in [2.75, 3.05) is 64.3 Å². The van der Waals surface area contributed by atoms with Gasteiger partial charge in [0.15, 0.2) is 18.0 Å². The monoisotopic (exact) mass is 516 g/mol. The Hall–Kier alpha value is -3.43. The first-order valence-corrected chi connectivity index (χ1v) is 11.7. The molecule has 1 saturated heterocycles. The van der Waals surface area contributed by atoms with E-state index in [2.05, 4.69) is 47.2 Å². The Morgan fingerprint density at radius 1 is 1.06 bits per heavy atom. The molecule has 194 valence electrons. The molecule has 0 bridgehead atoms. The lowest BCUT2D eigenvalue weighted by Crippen LogP contribution is -3.15. The molecule has 4 rings (SSSR count). The number of carbonyl (C=O) groups is 2. The van der Waals surface area contributed by atoms with Crippen LogP contribution < -0.4 is 37.0 Å². The SMILES string of the molecule is COC(=O)c1[nH]c2cc(OC)c(OC)cc2c1NC(=O)C[NH+]1CCN(c2cccc(C)c2C)CC1.[Cl-]. The number of methoxy groups -OCH3 is 3. The highest BCUT2D eigenvalue weighted by molar-refractivity contribution is 6.11. The van der Waals surface area contributed by atoms with Crippen molar-refractivity contribution in [1.29, 1.82) is 0 Å². The Morgan fingerprint density at radius 3 is 2.36 bits per heavy atom. The number of aryl methyl sites for hydroxylation is 1. The number of benzene rings is 2. The number of anilines is 2. The topological polar surface area (TPSA) is 97.3 Å². The number of halogens is 1. The van der Waals surface area contributed by atoms with Crippen molar-refractivity contribution in [3.8, 4) is 11.5 Å². The molecule has 0 aliphatic carbocycles. The standard InChI is InChI=1S/C26H32N4O5.ClH/c1-16-7-6-8-20(17(16)2)30-11-9-29(10-12-30)15-23(31)28-24-18-13-21(33-3)22(34-4)14-19(18)27-25(24)26(32)35-5;/h6-8,13-14,27H,9-12,15H2,1-5H3,(H,28,31);1H. The van der Waals surface area contributed by atoms with E-state index in [1.807, 2.05) is 0 Å². The number of piperazine rings is 1. The zero-order valence-corrected chi connectivity index (χ0v) is 22.0. The number of carbonyl (C=O) groups excluding carboxylic acids is 2. The maximum Gasteiger partial charge on any atom is 0.356 e. The summed E-state index contributed by atoms with van der Waals surface area (Å²) in [4.78, 5) is 32.1. The minimum absolute atomic E-state index is 0. The largest absolute Gasteiger partial charge is 1.00 e. The lowest BCUT2D eigenvalue weighted by atomic mass is 10.1. The summed E-state index contributed by atoms with van der Waals surface area (Å²) in [6.07, 6.45) is 0. The van der Waals surface area contributed by atoms with E-state index in [4.69, 9.17) is 14.2 Å². The van der Waals surface area contributed by atoms with Gasteiger partial charge in [-0.25, -0.2) is 4.79 Å². The van der Waals surface area contributed by atoms with Crippen LogP contribution in [-0.4, -0.2) is 70.9 Å². The lowest BCUT2D eigenvalue weighted by Gasteiger charge is -2.34. The smallest absolute Gasteiger partial charge is 0.356 e. The second-order valence-electron chi connectivity index (χ2n) is 8.80. The molecule has 1 fully saturated rings. The minimum Gasteiger partial charge on any atom is -1.00 e. The Labute approximate surface area is 217 Å². The van der Waals surface area contributed by atoms with Crippen molar-refractivity contribution >= 4 is 34.2 Å². The van der Waals surface area contributed by atoms with Crippen molar-refractivity contribution in [2.24, 2.45) is 0 Å². The van der Waals surface area contributed by atoms with E-state index in [9.17, 15) is 9.59 Å². The first-order chi connectivity index (χ1) is 16.9. The zero-order valence-electron chi connectivity index (χ0n) is 21.3. The Bertz CT molecular complexity index is 1250. The molecule has 1 aromatic heterocycles. The summed E-state index contributed by atoms with van der Waals surface area (Å²) in [5, 5.41) is 3.59. The van der Waals surface area contributed by atoms with Gasteiger partial charge in [0.05, 0.1) is 58.7 Å². The molecule has 10 heteroatoms. The molecule has 1 aliphatic rings. The Morgan fingerprint density at radius 2 is 1.72 bits per heavy atom. The van der Waals surface area contributed by atoms with Gasteiger partial charge in [-0.2, -0.15) is 0 Å². The summed E-state index contributed by atoms with van der Waals surface area (Å²) in [7, 11) is 4.39. The molecular formula is C26H33ClN4O5. The molecule has 3 N–H and O–H groups in total. The van der Waals surface area contributed by atoms with E-state index in [0.29, 0.717) is 34.6 Å². The van der Waals surface area contributed by atoms with E-state index in [-0.39, 0.29) is 24.0 Å². The van der Waals surface area contributed by atoms with Gasteiger partial charge in [0.2, 0.25) is 0 Å². The van der Waals surface area contributed by atoms with Gasteiger partial charge in [-0.1, -0.05) is 12.1 Å². The second kappa shape index (κ2) is 11.5. The molecule has 36 heavy (non-hydrogen) atoms. The van der Waals surface area contributed by atoms with Crippen molar-refractivity contribution in [1.82, 2.24) is 4.98 Å². The predicted molar refractivity (Wildman–Crippen MR) is 135 cm³/mol. The molecular weight excluding hydrogens is 484 g/mol. The number of rotatable bonds is 7. The van der Waals surface area contributed by atoms with Gasteiger partial charge < -0.3 is 46.7 Å². The predicted octanol–water partition coefficient (Wildman–Crippen LogP) is -1.06. The summed E-state index contributed by atoms with van der Waals surface area (Å²) >= 11 is 0. The number of ether oxygens (including phenoxy) is 3. The normalized spacial score (nSPS) is 13.8. The molecule has 1 aliphatic heterocycles. The van der Waals surface area contributed by atoms with Gasteiger partial charge in [-0.05, 0) is 37.1 Å². The highest BCUT2D eigenvalue weighted by Crippen LogP contribution is 2.37. The van der Waals surface area contributed by atoms with Crippen LogP contribution in [0.3, 0.4) is 0 Å². The van der Waals surface area contributed by atoms with Crippen LogP contribution in [0.4, 0.5) is 11.4 Å². The van der Waals surface area contributed by atoms with Gasteiger partial charge in [-0.3, -0.25) is 4.79 Å². The Balaban J connectivity index is 0.00000361. The number of aromatic amines is 1. The van der Waals surface area contributed by atoms with Crippen LogP contribution in [0.2, 0.25) is 0 Å². The number of fused-ring (bicyclic) bond motifs is 1. The first-order valence-electron chi connectivity index (χ1n) is 11.7.